The van der Waals surface area contributed by atoms with Gasteiger partial charge in [-0.25, -0.2) is 13.2 Å². The summed E-state index contributed by atoms with van der Waals surface area (Å²) in [6.07, 6.45) is 0.756. The van der Waals surface area contributed by atoms with E-state index in [9.17, 15) is 13.2 Å². The summed E-state index contributed by atoms with van der Waals surface area (Å²) in [6, 6.07) is 9.66. The minimum Gasteiger partial charge on any atom is -0.491 e. The van der Waals surface area contributed by atoms with Gasteiger partial charge in [-0.2, -0.15) is 0 Å². The van der Waals surface area contributed by atoms with Crippen LogP contribution < -0.4 is 15.2 Å². The highest BCUT2D eigenvalue weighted by Gasteiger charge is 2.22. The van der Waals surface area contributed by atoms with E-state index < -0.39 is 15.8 Å². The molecular formula is C16H14N2O5S. The Morgan fingerprint density at radius 2 is 2.04 bits per heavy atom. The largest absolute Gasteiger partial charge is 0.491 e. The van der Waals surface area contributed by atoms with Crippen LogP contribution >= 0.6 is 0 Å². The lowest BCUT2D eigenvalue weighted by atomic mass is 10.1. The summed E-state index contributed by atoms with van der Waals surface area (Å²) in [6.45, 7) is 0.537. The van der Waals surface area contributed by atoms with E-state index in [-0.39, 0.29) is 10.5 Å². The smallest absolute Gasteiger partial charge is 0.419 e. The van der Waals surface area contributed by atoms with Crippen molar-refractivity contribution >= 4 is 26.8 Å². The lowest BCUT2D eigenvalue weighted by Gasteiger charge is -2.11. The van der Waals surface area contributed by atoms with Crippen molar-refractivity contribution in [3.05, 3.63) is 52.5 Å². The van der Waals surface area contributed by atoms with Gasteiger partial charge in [0.2, 0.25) is 0 Å². The number of nitrogens with one attached hydrogen (secondary N) is 1. The van der Waals surface area contributed by atoms with Gasteiger partial charge in [-0.05, 0) is 23.8 Å². The molecule has 1 aliphatic heterocycles. The maximum Gasteiger partial charge on any atom is 0.419 e. The Balaban J connectivity index is 1.76. The number of hydrogen-bond acceptors (Lipinski definition) is 5. The van der Waals surface area contributed by atoms with Crippen molar-refractivity contribution < 1.29 is 17.6 Å². The average molecular weight is 346 g/mol. The van der Waals surface area contributed by atoms with Crippen LogP contribution in [0.25, 0.3) is 11.1 Å². The highest BCUT2D eigenvalue weighted by molar-refractivity contribution is 7.92. The van der Waals surface area contributed by atoms with E-state index in [1.165, 1.54) is 16.7 Å². The Hall–Kier alpha value is -2.74. The molecule has 0 fully saturated rings. The minimum absolute atomic E-state index is 0.0138. The number of aryl methyl sites for hydroxylation is 1. The van der Waals surface area contributed by atoms with Crippen LogP contribution in [0.4, 0.5) is 5.69 Å². The Bertz CT molecular complexity index is 1110. The molecule has 0 aliphatic carbocycles. The number of para-hydroxylation sites is 1. The number of ether oxygens (including phenoxy) is 1. The maximum atomic E-state index is 12.6. The highest BCUT2D eigenvalue weighted by atomic mass is 32.2. The van der Waals surface area contributed by atoms with Crippen molar-refractivity contribution in [2.75, 3.05) is 11.3 Å². The molecule has 0 radical (unpaired) electrons. The molecule has 2 heterocycles. The normalized spacial score (nSPS) is 13.7. The first kappa shape index (κ1) is 14.8. The summed E-state index contributed by atoms with van der Waals surface area (Å²) < 4.78 is 39.7. The third kappa shape index (κ3) is 2.26. The van der Waals surface area contributed by atoms with Crippen LogP contribution in [0.5, 0.6) is 5.75 Å². The fourth-order valence-corrected chi connectivity index (χ4v) is 3.86. The number of fused-ring (bicyclic) bond motifs is 2. The number of rotatable bonds is 3. The van der Waals surface area contributed by atoms with Crippen LogP contribution in [0, 0.1) is 0 Å². The number of aromatic nitrogens is 1. The van der Waals surface area contributed by atoms with Crippen molar-refractivity contribution in [1.29, 1.82) is 0 Å². The van der Waals surface area contributed by atoms with E-state index in [0.29, 0.717) is 23.6 Å². The molecule has 2 aromatic carbocycles. The van der Waals surface area contributed by atoms with Crippen molar-refractivity contribution in [3.63, 3.8) is 0 Å². The van der Waals surface area contributed by atoms with Crippen LogP contribution in [0.15, 0.2) is 50.5 Å². The fourth-order valence-electron chi connectivity index (χ4n) is 2.78. The molecule has 1 aliphatic rings. The van der Waals surface area contributed by atoms with E-state index >= 15 is 0 Å². The fraction of sp³-hybridized carbons (Fsp3) is 0.188. The van der Waals surface area contributed by atoms with Crippen LogP contribution in [0.3, 0.4) is 0 Å². The van der Waals surface area contributed by atoms with Crippen LogP contribution in [0.2, 0.25) is 0 Å². The van der Waals surface area contributed by atoms with E-state index in [0.717, 1.165) is 12.0 Å². The van der Waals surface area contributed by atoms with Gasteiger partial charge in [0, 0.05) is 19.5 Å². The average Bonchev–Trinajstić information content (AvgIpc) is 3.13. The standard InChI is InChI=1S/C16H14N2O5S/c1-18-13-6-5-11(9-14(13)23-16(18)19)24(20,21)17-12-4-2-3-10-7-8-22-15(10)12/h2-6,9,17H,7-8H2,1H3. The third-order valence-corrected chi connectivity index (χ3v) is 5.40. The van der Waals surface area contributed by atoms with Gasteiger partial charge in [0.25, 0.3) is 10.0 Å². The molecule has 0 atom stereocenters. The second-order valence-corrected chi connectivity index (χ2v) is 7.24. The van der Waals surface area contributed by atoms with Crippen molar-refractivity contribution in [2.24, 2.45) is 7.05 Å². The first-order valence-corrected chi connectivity index (χ1v) is 8.81. The predicted octanol–water partition coefficient (Wildman–Crippen LogP) is 1.87. The topological polar surface area (TPSA) is 90.5 Å². The van der Waals surface area contributed by atoms with Crippen LogP contribution in [-0.4, -0.2) is 19.6 Å². The lowest BCUT2D eigenvalue weighted by molar-refractivity contribution is 0.358. The molecule has 0 saturated heterocycles. The van der Waals surface area contributed by atoms with Gasteiger partial charge in [0.1, 0.15) is 5.75 Å². The molecule has 0 spiro atoms. The number of hydrogen-bond donors (Lipinski definition) is 1. The van der Waals surface area contributed by atoms with Crippen LogP contribution in [-0.2, 0) is 23.5 Å². The zero-order valence-corrected chi connectivity index (χ0v) is 13.6. The van der Waals surface area contributed by atoms with Crippen molar-refractivity contribution in [3.8, 4) is 5.75 Å². The number of oxazole rings is 1. The molecule has 124 valence electrons. The number of anilines is 1. The summed E-state index contributed by atoms with van der Waals surface area (Å²) in [5.41, 5.74) is 2.13. The summed E-state index contributed by atoms with van der Waals surface area (Å²) >= 11 is 0. The van der Waals surface area contributed by atoms with Gasteiger partial charge in [0.05, 0.1) is 22.7 Å². The summed E-state index contributed by atoms with van der Waals surface area (Å²) in [7, 11) is -2.27. The minimum atomic E-state index is -3.83. The summed E-state index contributed by atoms with van der Waals surface area (Å²) in [5, 5.41) is 0. The number of sulfonamides is 1. The van der Waals surface area contributed by atoms with Gasteiger partial charge in [-0.3, -0.25) is 9.29 Å². The van der Waals surface area contributed by atoms with E-state index in [1.807, 2.05) is 6.07 Å². The first-order chi connectivity index (χ1) is 11.5. The van der Waals surface area contributed by atoms with E-state index in [2.05, 4.69) is 4.72 Å². The molecule has 0 unspecified atom stereocenters. The molecule has 0 saturated carbocycles. The Labute approximate surface area is 137 Å². The molecular weight excluding hydrogens is 332 g/mol. The zero-order chi connectivity index (χ0) is 16.9. The monoisotopic (exact) mass is 346 g/mol. The van der Waals surface area contributed by atoms with Crippen molar-refractivity contribution in [1.82, 2.24) is 4.57 Å². The van der Waals surface area contributed by atoms with Gasteiger partial charge in [-0.1, -0.05) is 12.1 Å². The first-order valence-electron chi connectivity index (χ1n) is 7.33. The Morgan fingerprint density at radius 3 is 2.88 bits per heavy atom. The quantitative estimate of drug-likeness (QED) is 0.782. The van der Waals surface area contributed by atoms with E-state index in [4.69, 9.17) is 9.15 Å². The molecule has 8 heteroatoms. The molecule has 0 amide bonds. The van der Waals surface area contributed by atoms with Gasteiger partial charge in [0.15, 0.2) is 5.58 Å². The van der Waals surface area contributed by atoms with E-state index in [1.54, 1.807) is 25.2 Å². The maximum absolute atomic E-state index is 12.6. The SMILES string of the molecule is Cn1c(=O)oc2cc(S(=O)(=O)Nc3cccc4c3OCC4)ccc21. The zero-order valence-electron chi connectivity index (χ0n) is 12.8. The highest BCUT2D eigenvalue weighted by Crippen LogP contribution is 2.34. The molecule has 3 aromatic rings. The molecule has 0 bridgehead atoms. The van der Waals surface area contributed by atoms with Gasteiger partial charge < -0.3 is 9.15 Å². The Morgan fingerprint density at radius 1 is 1.21 bits per heavy atom. The molecule has 1 N–H and O–H groups in total. The number of benzene rings is 2. The van der Waals surface area contributed by atoms with Gasteiger partial charge >= 0.3 is 5.76 Å². The molecule has 7 nitrogen and oxygen atoms in total. The van der Waals surface area contributed by atoms with Crippen LogP contribution in [0.1, 0.15) is 5.56 Å². The molecule has 24 heavy (non-hydrogen) atoms. The second kappa shape index (κ2) is 5.13. The third-order valence-electron chi connectivity index (χ3n) is 4.03. The summed E-state index contributed by atoms with van der Waals surface area (Å²) in [4.78, 5) is 11.5. The van der Waals surface area contributed by atoms with Gasteiger partial charge in [-0.15, -0.1) is 0 Å². The lowest BCUT2D eigenvalue weighted by Crippen LogP contribution is -2.13. The molecule has 1 aromatic heterocycles. The summed E-state index contributed by atoms with van der Waals surface area (Å²) in [5.74, 6) is 0.0233. The second-order valence-electron chi connectivity index (χ2n) is 5.55. The predicted molar refractivity (Wildman–Crippen MR) is 87.9 cm³/mol. The Kier molecular flexibility index (Phi) is 3.17. The van der Waals surface area contributed by atoms with Crippen molar-refractivity contribution in [2.45, 2.75) is 11.3 Å². The molecule has 4 rings (SSSR count). The number of nitrogens with zero attached hydrogens (tertiary/aromatic N) is 1.